The smallest absolute Gasteiger partial charge is 0.215 e. The van der Waals surface area contributed by atoms with Crippen LogP contribution >= 0.6 is 0 Å². The third-order valence-electron chi connectivity index (χ3n) is 2.63. The van der Waals surface area contributed by atoms with Gasteiger partial charge in [0.2, 0.25) is 5.88 Å². The number of nitrogen functional groups attached to an aromatic ring is 1. The summed E-state index contributed by atoms with van der Waals surface area (Å²) in [5.74, 6) is 1.66. The number of H-pyrrole nitrogens is 1. The van der Waals surface area contributed by atoms with Crippen molar-refractivity contribution in [2.75, 3.05) is 12.3 Å². The lowest BCUT2D eigenvalue weighted by molar-refractivity contribution is 0.328. The highest BCUT2D eigenvalue weighted by molar-refractivity contribution is 5.75. The standard InChI is InChI=1S/C13H13N5O/c1-2-19-11-7-6-9-13(17-11)18-12(16-9)8-4-3-5-10(14)15-8/h3-7H,2H2,1H3,(H2,14,15)(H,16,17,18). The lowest BCUT2D eigenvalue weighted by Crippen LogP contribution is -1.93. The van der Waals surface area contributed by atoms with Gasteiger partial charge in [-0.25, -0.2) is 9.97 Å². The van der Waals surface area contributed by atoms with Crippen molar-refractivity contribution in [1.29, 1.82) is 0 Å². The molecule has 0 saturated heterocycles. The van der Waals surface area contributed by atoms with Crippen LogP contribution in [-0.4, -0.2) is 26.5 Å². The minimum atomic E-state index is 0.459. The molecule has 0 aliphatic heterocycles. The van der Waals surface area contributed by atoms with E-state index >= 15 is 0 Å². The van der Waals surface area contributed by atoms with Crippen LogP contribution in [0.25, 0.3) is 22.7 Å². The number of pyridine rings is 2. The number of aromatic nitrogens is 4. The molecule has 6 nitrogen and oxygen atoms in total. The minimum Gasteiger partial charge on any atom is -0.478 e. The van der Waals surface area contributed by atoms with Crippen molar-refractivity contribution in [3.63, 3.8) is 0 Å². The number of nitrogens with one attached hydrogen (secondary N) is 1. The van der Waals surface area contributed by atoms with Crippen molar-refractivity contribution in [1.82, 2.24) is 19.9 Å². The molecule has 0 radical (unpaired) electrons. The van der Waals surface area contributed by atoms with Gasteiger partial charge in [0, 0.05) is 6.07 Å². The fourth-order valence-electron chi connectivity index (χ4n) is 1.81. The molecule has 96 valence electrons. The Hall–Kier alpha value is -2.63. The number of hydrogen-bond donors (Lipinski definition) is 2. The van der Waals surface area contributed by atoms with E-state index in [2.05, 4.69) is 19.9 Å². The third-order valence-corrected chi connectivity index (χ3v) is 2.63. The molecule has 0 unspecified atom stereocenters. The van der Waals surface area contributed by atoms with Gasteiger partial charge < -0.3 is 15.5 Å². The molecule has 3 aromatic rings. The molecule has 0 fully saturated rings. The van der Waals surface area contributed by atoms with E-state index < -0.39 is 0 Å². The molecule has 0 saturated carbocycles. The number of nitrogens with two attached hydrogens (primary N) is 1. The number of rotatable bonds is 3. The van der Waals surface area contributed by atoms with E-state index in [0.717, 1.165) is 5.52 Å². The summed E-state index contributed by atoms with van der Waals surface area (Å²) in [4.78, 5) is 16.1. The molecule has 0 atom stereocenters. The van der Waals surface area contributed by atoms with Crippen LogP contribution in [0.1, 0.15) is 6.92 Å². The zero-order valence-electron chi connectivity index (χ0n) is 10.4. The Balaban J connectivity index is 2.06. The molecular formula is C13H13N5O. The highest BCUT2D eigenvalue weighted by Crippen LogP contribution is 2.20. The normalized spacial score (nSPS) is 10.8. The van der Waals surface area contributed by atoms with E-state index in [1.165, 1.54) is 0 Å². The Bertz CT molecular complexity index is 722. The van der Waals surface area contributed by atoms with Crippen LogP contribution in [0, 0.1) is 0 Å². The molecule has 19 heavy (non-hydrogen) atoms. The Kier molecular flexibility index (Phi) is 2.75. The molecule has 0 aliphatic carbocycles. The van der Waals surface area contributed by atoms with Crippen molar-refractivity contribution >= 4 is 17.0 Å². The molecule has 6 heteroatoms. The van der Waals surface area contributed by atoms with Gasteiger partial charge in [-0.1, -0.05) is 6.07 Å². The van der Waals surface area contributed by atoms with Gasteiger partial charge in [-0.05, 0) is 25.1 Å². The summed E-state index contributed by atoms with van der Waals surface area (Å²) in [6.45, 7) is 2.49. The summed E-state index contributed by atoms with van der Waals surface area (Å²) < 4.78 is 5.35. The van der Waals surface area contributed by atoms with Gasteiger partial charge in [-0.2, -0.15) is 4.98 Å². The van der Waals surface area contributed by atoms with Gasteiger partial charge in [-0.3, -0.25) is 0 Å². The van der Waals surface area contributed by atoms with E-state index in [9.17, 15) is 0 Å². The molecule has 3 N–H and O–H groups in total. The molecule has 0 aliphatic rings. The predicted octanol–water partition coefficient (Wildman–Crippen LogP) is 2.00. The summed E-state index contributed by atoms with van der Waals surface area (Å²) in [6, 6.07) is 9.11. The number of hydrogen-bond acceptors (Lipinski definition) is 5. The average Bonchev–Trinajstić information content (AvgIpc) is 2.82. The molecule has 3 aromatic heterocycles. The topological polar surface area (TPSA) is 89.7 Å². The van der Waals surface area contributed by atoms with Crippen LogP contribution in [0.15, 0.2) is 30.3 Å². The largest absolute Gasteiger partial charge is 0.478 e. The lowest BCUT2D eigenvalue weighted by atomic mass is 10.3. The number of anilines is 1. The lowest BCUT2D eigenvalue weighted by Gasteiger charge is -1.99. The zero-order valence-corrected chi connectivity index (χ0v) is 10.4. The van der Waals surface area contributed by atoms with Gasteiger partial charge in [0.15, 0.2) is 11.5 Å². The van der Waals surface area contributed by atoms with Crippen molar-refractivity contribution in [3.8, 4) is 17.4 Å². The first-order valence-electron chi connectivity index (χ1n) is 5.98. The Labute approximate surface area is 109 Å². The minimum absolute atomic E-state index is 0.459. The number of fused-ring (bicyclic) bond motifs is 1. The van der Waals surface area contributed by atoms with E-state index in [-0.39, 0.29) is 0 Å². The van der Waals surface area contributed by atoms with Crippen LogP contribution in [0.2, 0.25) is 0 Å². The van der Waals surface area contributed by atoms with E-state index in [1.54, 1.807) is 12.1 Å². The summed E-state index contributed by atoms with van der Waals surface area (Å²) in [5, 5.41) is 0. The number of nitrogens with zero attached hydrogens (tertiary/aromatic N) is 3. The maximum absolute atomic E-state index is 5.67. The van der Waals surface area contributed by atoms with E-state index in [4.69, 9.17) is 10.5 Å². The Morgan fingerprint density at radius 3 is 2.84 bits per heavy atom. The molecule has 0 spiro atoms. The Morgan fingerprint density at radius 1 is 1.16 bits per heavy atom. The summed E-state index contributed by atoms with van der Waals surface area (Å²) in [5.41, 5.74) is 7.79. The van der Waals surface area contributed by atoms with Crippen LogP contribution < -0.4 is 10.5 Å². The summed E-state index contributed by atoms with van der Waals surface area (Å²) >= 11 is 0. The quantitative estimate of drug-likeness (QED) is 0.747. The molecule has 0 amide bonds. The number of aromatic amines is 1. The maximum atomic E-state index is 5.67. The van der Waals surface area contributed by atoms with Gasteiger partial charge in [0.25, 0.3) is 0 Å². The van der Waals surface area contributed by atoms with Gasteiger partial charge in [-0.15, -0.1) is 0 Å². The molecule has 3 rings (SSSR count). The zero-order chi connectivity index (χ0) is 13.2. The number of imidazole rings is 1. The third kappa shape index (κ3) is 2.20. The Morgan fingerprint density at radius 2 is 2.05 bits per heavy atom. The molecule has 0 aromatic carbocycles. The number of ether oxygens (including phenoxy) is 1. The van der Waals surface area contributed by atoms with Crippen LogP contribution in [0.4, 0.5) is 5.82 Å². The van der Waals surface area contributed by atoms with Gasteiger partial charge in [0.05, 0.1) is 12.1 Å². The second kappa shape index (κ2) is 4.56. The van der Waals surface area contributed by atoms with Crippen LogP contribution in [0.3, 0.4) is 0 Å². The van der Waals surface area contributed by atoms with Crippen molar-refractivity contribution in [2.45, 2.75) is 6.92 Å². The molecular weight excluding hydrogens is 242 g/mol. The SMILES string of the molecule is CCOc1ccc2[nH]c(-c3cccc(N)n3)nc2n1. The predicted molar refractivity (Wildman–Crippen MR) is 72.7 cm³/mol. The van der Waals surface area contributed by atoms with Crippen molar-refractivity contribution in [2.24, 2.45) is 0 Å². The van der Waals surface area contributed by atoms with E-state index in [1.807, 2.05) is 25.1 Å². The van der Waals surface area contributed by atoms with E-state index in [0.29, 0.717) is 35.5 Å². The van der Waals surface area contributed by atoms with Gasteiger partial charge >= 0.3 is 0 Å². The first kappa shape index (κ1) is 11.5. The fraction of sp³-hybridized carbons (Fsp3) is 0.154. The molecule has 0 bridgehead atoms. The summed E-state index contributed by atoms with van der Waals surface area (Å²) in [6.07, 6.45) is 0. The second-order valence-corrected chi connectivity index (χ2v) is 3.99. The van der Waals surface area contributed by atoms with Gasteiger partial charge in [0.1, 0.15) is 11.5 Å². The summed E-state index contributed by atoms with van der Waals surface area (Å²) in [7, 11) is 0. The fourth-order valence-corrected chi connectivity index (χ4v) is 1.81. The first-order chi connectivity index (χ1) is 9.26. The first-order valence-corrected chi connectivity index (χ1v) is 5.98. The highest BCUT2D eigenvalue weighted by Gasteiger charge is 2.08. The second-order valence-electron chi connectivity index (χ2n) is 3.99. The average molecular weight is 255 g/mol. The highest BCUT2D eigenvalue weighted by atomic mass is 16.5. The molecule has 3 heterocycles. The van der Waals surface area contributed by atoms with Crippen molar-refractivity contribution < 1.29 is 4.74 Å². The monoisotopic (exact) mass is 255 g/mol. The van der Waals surface area contributed by atoms with Crippen molar-refractivity contribution in [3.05, 3.63) is 30.3 Å². The van der Waals surface area contributed by atoms with Crippen LogP contribution in [-0.2, 0) is 0 Å². The van der Waals surface area contributed by atoms with Crippen LogP contribution in [0.5, 0.6) is 5.88 Å². The maximum Gasteiger partial charge on any atom is 0.215 e.